The monoisotopic (exact) mass is 240 g/mol. The standard InChI is InChI=1S/C14H24O3/c1-10(2)16-14(15)17-13-8-7-11-5-3-4-6-12(11)9-13/h10-13H,3-9H2,1-2H3. The number of hydrogen-bond donors (Lipinski definition) is 0. The lowest BCUT2D eigenvalue weighted by molar-refractivity contribution is -0.0236. The molecule has 2 saturated carbocycles. The summed E-state index contributed by atoms with van der Waals surface area (Å²) in [6.45, 7) is 3.69. The smallest absolute Gasteiger partial charge is 0.432 e. The zero-order valence-electron chi connectivity index (χ0n) is 11.0. The number of rotatable bonds is 2. The Labute approximate surface area is 104 Å². The molecule has 0 amide bonds. The SMILES string of the molecule is CC(C)OC(=O)OC1CCC2CCCCC2C1. The average molecular weight is 240 g/mol. The van der Waals surface area contributed by atoms with Crippen LogP contribution >= 0.6 is 0 Å². The minimum absolute atomic E-state index is 0.0893. The number of carbonyl (C=O) groups excluding carboxylic acids is 1. The van der Waals surface area contributed by atoms with Crippen LogP contribution in [0.15, 0.2) is 0 Å². The average Bonchev–Trinajstić information content (AvgIpc) is 2.27. The van der Waals surface area contributed by atoms with Crippen LogP contribution in [0.4, 0.5) is 4.79 Å². The van der Waals surface area contributed by atoms with Crippen LogP contribution in [0.1, 0.15) is 58.8 Å². The molecule has 0 aromatic rings. The molecule has 2 aliphatic carbocycles. The van der Waals surface area contributed by atoms with E-state index in [0.29, 0.717) is 0 Å². The largest absolute Gasteiger partial charge is 0.508 e. The van der Waals surface area contributed by atoms with Gasteiger partial charge in [-0.1, -0.05) is 25.7 Å². The highest BCUT2D eigenvalue weighted by atomic mass is 16.7. The van der Waals surface area contributed by atoms with Crippen LogP contribution in [0.25, 0.3) is 0 Å². The highest BCUT2D eigenvalue weighted by Crippen LogP contribution is 2.41. The molecule has 0 aromatic carbocycles. The first-order valence-electron chi connectivity index (χ1n) is 7.02. The van der Waals surface area contributed by atoms with Gasteiger partial charge in [-0.15, -0.1) is 0 Å². The van der Waals surface area contributed by atoms with E-state index in [1.165, 1.54) is 32.1 Å². The van der Waals surface area contributed by atoms with Crippen LogP contribution < -0.4 is 0 Å². The lowest BCUT2D eigenvalue weighted by Gasteiger charge is -2.38. The number of fused-ring (bicyclic) bond motifs is 1. The Bertz CT molecular complexity index is 262. The summed E-state index contributed by atoms with van der Waals surface area (Å²) in [6.07, 6.45) is 8.27. The van der Waals surface area contributed by atoms with Gasteiger partial charge in [0, 0.05) is 0 Å². The van der Waals surface area contributed by atoms with Crippen molar-refractivity contribution < 1.29 is 14.3 Å². The number of carbonyl (C=O) groups is 1. The Morgan fingerprint density at radius 3 is 2.47 bits per heavy atom. The van der Waals surface area contributed by atoms with Crippen LogP contribution in [0.3, 0.4) is 0 Å². The molecule has 3 unspecified atom stereocenters. The van der Waals surface area contributed by atoms with Gasteiger partial charge in [-0.2, -0.15) is 0 Å². The van der Waals surface area contributed by atoms with Crippen molar-refractivity contribution >= 4 is 6.16 Å². The quantitative estimate of drug-likeness (QED) is 0.686. The van der Waals surface area contributed by atoms with E-state index in [1.54, 1.807) is 0 Å². The van der Waals surface area contributed by atoms with Gasteiger partial charge >= 0.3 is 6.16 Å². The van der Waals surface area contributed by atoms with Gasteiger partial charge in [-0.05, 0) is 44.9 Å². The summed E-state index contributed by atoms with van der Waals surface area (Å²) in [5.74, 6) is 1.68. The molecule has 0 N–H and O–H groups in total. The lowest BCUT2D eigenvalue weighted by atomic mass is 9.70. The summed E-state index contributed by atoms with van der Waals surface area (Å²) in [5, 5.41) is 0. The van der Waals surface area contributed by atoms with E-state index in [1.807, 2.05) is 13.8 Å². The summed E-state index contributed by atoms with van der Waals surface area (Å²) in [5.41, 5.74) is 0. The second-order valence-electron chi connectivity index (χ2n) is 5.77. The summed E-state index contributed by atoms with van der Waals surface area (Å²) >= 11 is 0. The van der Waals surface area contributed by atoms with Crippen molar-refractivity contribution in [2.75, 3.05) is 0 Å². The van der Waals surface area contributed by atoms with Crippen molar-refractivity contribution in [3.63, 3.8) is 0 Å². The molecule has 0 heterocycles. The molecule has 0 aliphatic heterocycles. The molecule has 0 saturated heterocycles. The van der Waals surface area contributed by atoms with Crippen LogP contribution in [0, 0.1) is 11.8 Å². The number of hydrogen-bond acceptors (Lipinski definition) is 3. The molecule has 2 aliphatic rings. The first kappa shape index (κ1) is 12.7. The van der Waals surface area contributed by atoms with Crippen molar-refractivity contribution in [1.82, 2.24) is 0 Å². The van der Waals surface area contributed by atoms with Crippen LogP contribution in [0.2, 0.25) is 0 Å². The van der Waals surface area contributed by atoms with Gasteiger partial charge in [-0.3, -0.25) is 0 Å². The van der Waals surface area contributed by atoms with Gasteiger partial charge in [0.15, 0.2) is 0 Å². The van der Waals surface area contributed by atoms with E-state index in [9.17, 15) is 4.79 Å². The summed E-state index contributed by atoms with van der Waals surface area (Å²) in [7, 11) is 0. The Hall–Kier alpha value is -0.730. The molecule has 3 heteroatoms. The normalized spacial score (nSPS) is 33.0. The third kappa shape index (κ3) is 3.62. The first-order chi connectivity index (χ1) is 8.15. The Kier molecular flexibility index (Phi) is 4.30. The minimum Gasteiger partial charge on any atom is -0.432 e. The fourth-order valence-electron chi connectivity index (χ4n) is 3.29. The van der Waals surface area contributed by atoms with Crippen molar-refractivity contribution in [3.05, 3.63) is 0 Å². The predicted molar refractivity (Wildman–Crippen MR) is 65.8 cm³/mol. The molecular weight excluding hydrogens is 216 g/mol. The Morgan fingerprint density at radius 2 is 1.76 bits per heavy atom. The van der Waals surface area contributed by atoms with E-state index >= 15 is 0 Å². The highest BCUT2D eigenvalue weighted by Gasteiger charge is 2.33. The van der Waals surface area contributed by atoms with E-state index in [-0.39, 0.29) is 12.2 Å². The van der Waals surface area contributed by atoms with Crippen molar-refractivity contribution in [2.45, 2.75) is 71.0 Å². The van der Waals surface area contributed by atoms with Crippen LogP contribution in [0.5, 0.6) is 0 Å². The fourth-order valence-corrected chi connectivity index (χ4v) is 3.29. The van der Waals surface area contributed by atoms with Crippen molar-refractivity contribution in [2.24, 2.45) is 11.8 Å². The van der Waals surface area contributed by atoms with E-state index in [0.717, 1.165) is 24.7 Å². The maximum atomic E-state index is 11.4. The van der Waals surface area contributed by atoms with Crippen molar-refractivity contribution in [1.29, 1.82) is 0 Å². The van der Waals surface area contributed by atoms with Gasteiger partial charge in [0.2, 0.25) is 0 Å². The minimum atomic E-state index is -0.487. The summed E-state index contributed by atoms with van der Waals surface area (Å²) in [4.78, 5) is 11.4. The third-order valence-corrected chi connectivity index (χ3v) is 4.09. The van der Waals surface area contributed by atoms with Crippen LogP contribution in [-0.4, -0.2) is 18.4 Å². The lowest BCUT2D eigenvalue weighted by Crippen LogP contribution is -2.33. The molecule has 3 atom stereocenters. The second kappa shape index (κ2) is 5.74. The second-order valence-corrected chi connectivity index (χ2v) is 5.77. The summed E-state index contributed by atoms with van der Waals surface area (Å²) in [6, 6.07) is 0. The molecule has 0 aromatic heterocycles. The predicted octanol–water partition coefficient (Wildman–Crippen LogP) is 3.91. The van der Waals surface area contributed by atoms with Gasteiger partial charge in [-0.25, -0.2) is 4.79 Å². The van der Waals surface area contributed by atoms with Gasteiger partial charge < -0.3 is 9.47 Å². The third-order valence-electron chi connectivity index (χ3n) is 4.09. The van der Waals surface area contributed by atoms with E-state index in [4.69, 9.17) is 9.47 Å². The summed E-state index contributed by atoms with van der Waals surface area (Å²) < 4.78 is 10.4. The molecule has 0 spiro atoms. The van der Waals surface area contributed by atoms with Crippen molar-refractivity contribution in [3.8, 4) is 0 Å². The van der Waals surface area contributed by atoms with E-state index < -0.39 is 6.16 Å². The first-order valence-corrected chi connectivity index (χ1v) is 7.02. The Balaban J connectivity index is 1.77. The van der Waals surface area contributed by atoms with Gasteiger partial charge in [0.05, 0.1) is 6.10 Å². The maximum absolute atomic E-state index is 11.4. The van der Waals surface area contributed by atoms with Gasteiger partial charge in [0.1, 0.15) is 6.10 Å². The molecule has 2 rings (SSSR count). The van der Waals surface area contributed by atoms with Gasteiger partial charge in [0.25, 0.3) is 0 Å². The topological polar surface area (TPSA) is 35.5 Å². The maximum Gasteiger partial charge on any atom is 0.508 e. The highest BCUT2D eigenvalue weighted by molar-refractivity contribution is 5.60. The molecule has 2 fully saturated rings. The van der Waals surface area contributed by atoms with E-state index in [2.05, 4.69) is 0 Å². The fraction of sp³-hybridized carbons (Fsp3) is 0.929. The zero-order chi connectivity index (χ0) is 12.3. The molecular formula is C14H24O3. The molecule has 17 heavy (non-hydrogen) atoms. The van der Waals surface area contributed by atoms with Crippen LogP contribution in [-0.2, 0) is 9.47 Å². The molecule has 0 radical (unpaired) electrons. The molecule has 98 valence electrons. The zero-order valence-corrected chi connectivity index (χ0v) is 11.0. The molecule has 3 nitrogen and oxygen atoms in total. The molecule has 0 bridgehead atoms. The Morgan fingerprint density at radius 1 is 1.06 bits per heavy atom. The number of ether oxygens (including phenoxy) is 2.